The lowest BCUT2D eigenvalue weighted by molar-refractivity contribution is -0.150. The van der Waals surface area contributed by atoms with E-state index in [0.29, 0.717) is 5.01 Å². The molecule has 0 saturated heterocycles. The molecule has 124 valence electrons. The largest absolute Gasteiger partial charge is 0.481 e. The fourth-order valence-corrected chi connectivity index (χ4v) is 5.19. The molecule has 0 aliphatic rings. The van der Waals surface area contributed by atoms with Crippen LogP contribution in [0.2, 0.25) is 0 Å². The van der Waals surface area contributed by atoms with E-state index in [1.807, 2.05) is 52.0 Å². The summed E-state index contributed by atoms with van der Waals surface area (Å²) in [6.07, 6.45) is 0. The van der Waals surface area contributed by atoms with Crippen LogP contribution in [0.15, 0.2) is 24.3 Å². The van der Waals surface area contributed by atoms with E-state index >= 15 is 0 Å². The number of para-hydroxylation sites is 1. The number of carboxylic acid groups (broad SMARTS) is 1. The van der Waals surface area contributed by atoms with Gasteiger partial charge in [0, 0.05) is 0 Å². The molecule has 0 aliphatic carbocycles. The van der Waals surface area contributed by atoms with Gasteiger partial charge in [0.2, 0.25) is 0 Å². The zero-order valence-electron chi connectivity index (χ0n) is 13.6. The van der Waals surface area contributed by atoms with Gasteiger partial charge in [-0.3, -0.25) is 9.59 Å². The lowest BCUT2D eigenvalue weighted by Crippen LogP contribution is -2.51. The number of rotatable bonds is 6. The lowest BCUT2D eigenvalue weighted by Gasteiger charge is -2.39. The molecule has 0 radical (unpaired) electrons. The minimum Gasteiger partial charge on any atom is -0.481 e. The summed E-state index contributed by atoms with van der Waals surface area (Å²) in [6, 6.07) is 7.58. The molecule has 2 aromatic rings. The Hall–Kier alpha value is -1.40. The van der Waals surface area contributed by atoms with Crippen molar-refractivity contribution in [3.05, 3.63) is 29.3 Å². The van der Waals surface area contributed by atoms with Crippen LogP contribution in [-0.4, -0.2) is 21.2 Å². The van der Waals surface area contributed by atoms with Crippen LogP contribution in [0.3, 0.4) is 0 Å². The molecule has 4 nitrogen and oxygen atoms in total. The van der Waals surface area contributed by atoms with Gasteiger partial charge in [-0.05, 0) is 24.0 Å². The lowest BCUT2D eigenvalue weighted by atomic mass is 9.64. The maximum absolute atomic E-state index is 12.6. The number of carbonyl (C=O) groups excluding carboxylic acids is 1. The molecular formula is C17H21NO3S2. The van der Waals surface area contributed by atoms with Gasteiger partial charge in [-0.1, -0.05) is 39.8 Å². The molecule has 0 aliphatic heterocycles. The Morgan fingerprint density at radius 3 is 2.26 bits per heavy atom. The van der Waals surface area contributed by atoms with Gasteiger partial charge in [-0.25, -0.2) is 4.98 Å². The molecule has 1 aromatic carbocycles. The Balaban J connectivity index is 2.80. The molecule has 1 heterocycles. The van der Waals surface area contributed by atoms with Gasteiger partial charge < -0.3 is 5.11 Å². The second kappa shape index (κ2) is 6.61. The number of nitrogens with zero attached hydrogens (tertiary/aromatic N) is 1. The summed E-state index contributed by atoms with van der Waals surface area (Å²) in [5.74, 6) is -2.34. The molecule has 2 unspecified atom stereocenters. The van der Waals surface area contributed by atoms with Crippen LogP contribution < -0.4 is 0 Å². The van der Waals surface area contributed by atoms with Crippen molar-refractivity contribution in [2.45, 2.75) is 33.1 Å². The van der Waals surface area contributed by atoms with Crippen molar-refractivity contribution in [2.75, 3.05) is 0 Å². The number of thiazole rings is 1. The van der Waals surface area contributed by atoms with E-state index in [2.05, 4.69) is 17.6 Å². The van der Waals surface area contributed by atoms with E-state index in [-0.39, 0.29) is 11.8 Å². The molecule has 0 bridgehead atoms. The molecule has 0 saturated carbocycles. The third kappa shape index (κ3) is 2.90. The van der Waals surface area contributed by atoms with Gasteiger partial charge in [0.25, 0.3) is 0 Å². The molecule has 0 spiro atoms. The van der Waals surface area contributed by atoms with Crippen LogP contribution >= 0.6 is 24.0 Å². The third-order valence-electron chi connectivity index (χ3n) is 4.34. The molecule has 0 amide bonds. The van der Waals surface area contributed by atoms with E-state index < -0.39 is 22.4 Å². The Morgan fingerprint density at radius 1 is 1.22 bits per heavy atom. The first-order chi connectivity index (χ1) is 10.7. The maximum atomic E-state index is 12.6. The molecule has 1 aromatic heterocycles. The number of fused-ring (bicyclic) bond motifs is 1. The zero-order chi connectivity index (χ0) is 17.4. The van der Waals surface area contributed by atoms with Gasteiger partial charge in [-0.2, -0.15) is 0 Å². The highest BCUT2D eigenvalue weighted by molar-refractivity contribution is 7.96. The van der Waals surface area contributed by atoms with E-state index in [0.717, 1.165) is 10.2 Å². The average molecular weight is 351 g/mol. The third-order valence-corrected chi connectivity index (χ3v) is 5.89. The van der Waals surface area contributed by atoms with Crippen molar-refractivity contribution in [1.29, 1.82) is 0 Å². The molecule has 2 rings (SSSR count). The van der Waals surface area contributed by atoms with Crippen LogP contribution in [0.1, 0.15) is 32.7 Å². The van der Waals surface area contributed by atoms with Crippen molar-refractivity contribution in [3.8, 4) is 0 Å². The summed E-state index contributed by atoms with van der Waals surface area (Å²) < 4.78 is 0.940. The van der Waals surface area contributed by atoms with Crippen LogP contribution in [-0.2, 0) is 15.0 Å². The first kappa shape index (κ1) is 17.9. The topological polar surface area (TPSA) is 67.3 Å². The molecule has 6 heteroatoms. The van der Waals surface area contributed by atoms with Crippen LogP contribution in [0.25, 0.3) is 10.2 Å². The van der Waals surface area contributed by atoms with Crippen molar-refractivity contribution in [1.82, 2.24) is 4.98 Å². The van der Waals surface area contributed by atoms with Crippen molar-refractivity contribution < 1.29 is 14.7 Å². The Morgan fingerprint density at radius 2 is 1.83 bits per heavy atom. The van der Waals surface area contributed by atoms with Crippen molar-refractivity contribution >= 4 is 45.3 Å². The summed E-state index contributed by atoms with van der Waals surface area (Å²) in [5.41, 5.74) is -0.465. The number of hydrogen-bond acceptors (Lipinski definition) is 4. The zero-order valence-corrected chi connectivity index (χ0v) is 15.3. The van der Waals surface area contributed by atoms with E-state index in [1.165, 1.54) is 11.3 Å². The molecule has 0 fully saturated rings. The summed E-state index contributed by atoms with van der Waals surface area (Å²) in [6.45, 7) is 7.36. The Bertz CT molecular complexity index is 705. The molecular weight excluding hydrogens is 330 g/mol. The van der Waals surface area contributed by atoms with Gasteiger partial charge in [0.15, 0.2) is 5.12 Å². The molecule has 2 atom stereocenters. The summed E-state index contributed by atoms with van der Waals surface area (Å²) >= 11 is 5.48. The van der Waals surface area contributed by atoms with Crippen LogP contribution in [0, 0.1) is 17.8 Å². The first-order valence-corrected chi connectivity index (χ1v) is 8.81. The van der Waals surface area contributed by atoms with E-state index in [4.69, 9.17) is 0 Å². The summed E-state index contributed by atoms with van der Waals surface area (Å²) in [4.78, 5) is 29.2. The van der Waals surface area contributed by atoms with Gasteiger partial charge in [0.1, 0.15) is 10.4 Å². The average Bonchev–Trinajstić information content (AvgIpc) is 2.86. The second-order valence-corrected chi connectivity index (χ2v) is 7.81. The van der Waals surface area contributed by atoms with E-state index in [9.17, 15) is 14.7 Å². The van der Waals surface area contributed by atoms with Gasteiger partial charge >= 0.3 is 5.97 Å². The predicted molar refractivity (Wildman–Crippen MR) is 96.1 cm³/mol. The molecule has 1 N–H and O–H groups in total. The Kier molecular flexibility index (Phi) is 5.16. The minimum atomic E-state index is -1.24. The number of thiol groups is 1. The number of carboxylic acids is 1. The minimum absolute atomic E-state index is 0.224. The fourth-order valence-electron chi connectivity index (χ4n) is 3.27. The van der Waals surface area contributed by atoms with E-state index in [1.54, 1.807) is 0 Å². The first-order valence-electron chi connectivity index (χ1n) is 7.55. The van der Waals surface area contributed by atoms with Crippen molar-refractivity contribution in [2.24, 2.45) is 17.8 Å². The standard InChI is InChI=1S/C17H21NO3S2/c1-9(2)13(14(19)20)17(10(3)4,16(21)22)15-18-11-7-5-6-8-12(11)23-15/h5-10,13H,1-4H3,(H,19,20)(H,21,22). The summed E-state index contributed by atoms with van der Waals surface area (Å²) in [7, 11) is 0. The smallest absolute Gasteiger partial charge is 0.308 e. The highest BCUT2D eigenvalue weighted by Crippen LogP contribution is 2.47. The fraction of sp³-hybridized carbons (Fsp3) is 0.471. The number of benzene rings is 1. The quantitative estimate of drug-likeness (QED) is 0.772. The number of aliphatic carboxylic acids is 1. The van der Waals surface area contributed by atoms with Gasteiger partial charge in [0.05, 0.1) is 16.1 Å². The summed E-state index contributed by atoms with van der Waals surface area (Å²) in [5, 5.41) is 9.90. The number of hydrogen-bond donors (Lipinski definition) is 2. The monoisotopic (exact) mass is 351 g/mol. The number of carbonyl (C=O) groups is 2. The second-order valence-electron chi connectivity index (χ2n) is 6.38. The molecule has 23 heavy (non-hydrogen) atoms. The maximum Gasteiger partial charge on any atom is 0.308 e. The Labute approximate surface area is 145 Å². The van der Waals surface area contributed by atoms with Gasteiger partial charge in [-0.15, -0.1) is 24.0 Å². The van der Waals surface area contributed by atoms with Crippen molar-refractivity contribution in [3.63, 3.8) is 0 Å². The SMILES string of the molecule is CC(C)C(C(=O)O)C(C(=O)S)(c1nc2ccccc2s1)C(C)C. The highest BCUT2D eigenvalue weighted by Gasteiger charge is 2.54. The predicted octanol–water partition coefficient (Wildman–Crippen LogP) is 4.00. The normalized spacial score (nSPS) is 15.8. The number of aromatic nitrogens is 1. The highest BCUT2D eigenvalue weighted by atomic mass is 32.1. The van der Waals surface area contributed by atoms with Crippen LogP contribution in [0.5, 0.6) is 0 Å². The van der Waals surface area contributed by atoms with Crippen LogP contribution in [0.4, 0.5) is 0 Å².